The van der Waals surface area contributed by atoms with E-state index in [0.717, 1.165) is 12.8 Å². The second kappa shape index (κ2) is 7.65. The molecule has 9 nitrogen and oxygen atoms in total. The van der Waals surface area contributed by atoms with Crippen molar-refractivity contribution >= 4 is 28.4 Å². The van der Waals surface area contributed by atoms with Crippen LogP contribution in [0.25, 0.3) is 10.9 Å². The summed E-state index contributed by atoms with van der Waals surface area (Å²) in [7, 11) is 0. The summed E-state index contributed by atoms with van der Waals surface area (Å²) >= 11 is 0. The summed E-state index contributed by atoms with van der Waals surface area (Å²) in [6.45, 7) is 2.68. The molecule has 3 aromatic rings. The number of nitriles is 1. The standard InChI is InChI=1S/C21H21N5O4/c1-13-11-14(3-4-15(13)20(28)29)24-18-17-16(5-9-23-19(17)27)26(25-18)21(7-8-22)6-2-10-30-12-21/h3-5,9,11H,2,6-7,10,12H2,1H3,(H,23,27)(H,24,25)(H,28,29). The lowest BCUT2D eigenvalue weighted by Crippen LogP contribution is -2.42. The van der Waals surface area contributed by atoms with Gasteiger partial charge in [-0.05, 0) is 49.6 Å². The lowest BCUT2D eigenvalue weighted by molar-refractivity contribution is -0.00174. The topological polar surface area (TPSA) is 133 Å². The monoisotopic (exact) mass is 407 g/mol. The van der Waals surface area contributed by atoms with Gasteiger partial charge in [-0.2, -0.15) is 10.4 Å². The van der Waals surface area contributed by atoms with Crippen LogP contribution in [0.2, 0.25) is 0 Å². The zero-order valence-electron chi connectivity index (χ0n) is 16.4. The van der Waals surface area contributed by atoms with Gasteiger partial charge >= 0.3 is 5.97 Å². The molecule has 3 heterocycles. The van der Waals surface area contributed by atoms with Crippen LogP contribution in [0.15, 0.2) is 35.3 Å². The van der Waals surface area contributed by atoms with Crippen molar-refractivity contribution in [1.82, 2.24) is 14.8 Å². The summed E-state index contributed by atoms with van der Waals surface area (Å²) in [6.07, 6.45) is 3.28. The average Bonchev–Trinajstić information content (AvgIpc) is 3.09. The Hall–Kier alpha value is -3.64. The number of aromatic nitrogens is 3. The molecular formula is C21H21N5O4. The number of carboxylic acid groups (broad SMARTS) is 1. The van der Waals surface area contributed by atoms with Gasteiger partial charge in [0.1, 0.15) is 5.39 Å². The Morgan fingerprint density at radius 1 is 1.47 bits per heavy atom. The molecule has 0 amide bonds. The van der Waals surface area contributed by atoms with Crippen LogP contribution in [0.4, 0.5) is 11.5 Å². The zero-order valence-corrected chi connectivity index (χ0v) is 16.4. The Balaban J connectivity index is 1.84. The molecule has 154 valence electrons. The number of rotatable bonds is 5. The van der Waals surface area contributed by atoms with Gasteiger partial charge in [-0.1, -0.05) is 0 Å². The first-order chi connectivity index (χ1) is 14.4. The van der Waals surface area contributed by atoms with Crippen molar-refractivity contribution in [3.05, 3.63) is 51.9 Å². The molecule has 4 rings (SSSR count). The fourth-order valence-corrected chi connectivity index (χ4v) is 4.01. The number of H-pyrrole nitrogens is 1. The number of nitrogens with zero attached hydrogens (tertiary/aromatic N) is 3. The number of anilines is 2. The summed E-state index contributed by atoms with van der Waals surface area (Å²) in [5.74, 6) is -0.654. The van der Waals surface area contributed by atoms with Crippen molar-refractivity contribution in [2.24, 2.45) is 0 Å². The van der Waals surface area contributed by atoms with Crippen LogP contribution in [0, 0.1) is 18.3 Å². The molecule has 1 unspecified atom stereocenters. The SMILES string of the molecule is Cc1cc(Nc2nn(C3(CC#N)CCCOC3)c3cc[nH]c(=O)c23)ccc1C(=O)O. The van der Waals surface area contributed by atoms with E-state index in [1.54, 1.807) is 36.0 Å². The zero-order chi connectivity index (χ0) is 21.3. The summed E-state index contributed by atoms with van der Waals surface area (Å²) in [5.41, 5.74) is 1.07. The van der Waals surface area contributed by atoms with E-state index >= 15 is 0 Å². The van der Waals surface area contributed by atoms with Gasteiger partial charge in [0.25, 0.3) is 5.56 Å². The summed E-state index contributed by atoms with van der Waals surface area (Å²) in [6, 6.07) is 8.84. The van der Waals surface area contributed by atoms with E-state index in [1.165, 1.54) is 6.07 Å². The van der Waals surface area contributed by atoms with Crippen LogP contribution in [0.3, 0.4) is 0 Å². The smallest absolute Gasteiger partial charge is 0.335 e. The molecule has 1 atom stereocenters. The van der Waals surface area contributed by atoms with Gasteiger partial charge in [0.2, 0.25) is 0 Å². The number of pyridine rings is 1. The van der Waals surface area contributed by atoms with E-state index < -0.39 is 11.5 Å². The third-order valence-corrected chi connectivity index (χ3v) is 5.48. The predicted molar refractivity (Wildman–Crippen MR) is 110 cm³/mol. The average molecular weight is 407 g/mol. The molecular weight excluding hydrogens is 386 g/mol. The number of nitrogens with one attached hydrogen (secondary N) is 2. The van der Waals surface area contributed by atoms with Gasteiger partial charge in [0.15, 0.2) is 5.82 Å². The van der Waals surface area contributed by atoms with Gasteiger partial charge < -0.3 is 20.1 Å². The van der Waals surface area contributed by atoms with Crippen molar-refractivity contribution in [2.75, 3.05) is 18.5 Å². The van der Waals surface area contributed by atoms with Crippen molar-refractivity contribution in [1.29, 1.82) is 5.26 Å². The Kier molecular flexibility index (Phi) is 5.01. The number of hydrogen-bond acceptors (Lipinski definition) is 6. The Labute approximate surface area is 171 Å². The molecule has 9 heteroatoms. The number of benzene rings is 1. The molecule has 1 aromatic carbocycles. The second-order valence-electron chi connectivity index (χ2n) is 7.50. The fraction of sp³-hybridized carbons (Fsp3) is 0.333. The van der Waals surface area contributed by atoms with Crippen LogP contribution in [-0.4, -0.2) is 39.1 Å². The van der Waals surface area contributed by atoms with Crippen molar-refractivity contribution in [3.63, 3.8) is 0 Å². The van der Waals surface area contributed by atoms with Gasteiger partial charge in [-0.15, -0.1) is 0 Å². The van der Waals surface area contributed by atoms with Crippen LogP contribution in [0.1, 0.15) is 35.2 Å². The minimum absolute atomic E-state index is 0.209. The first-order valence-corrected chi connectivity index (χ1v) is 9.62. The normalized spacial score (nSPS) is 18.8. The van der Waals surface area contributed by atoms with E-state index in [1.807, 2.05) is 0 Å². The molecule has 0 spiro atoms. The Morgan fingerprint density at radius 2 is 2.30 bits per heavy atom. The highest BCUT2D eigenvalue weighted by atomic mass is 16.5. The number of ether oxygens (including phenoxy) is 1. The van der Waals surface area contributed by atoms with Gasteiger partial charge in [0, 0.05) is 18.5 Å². The number of aromatic amines is 1. The van der Waals surface area contributed by atoms with Crippen LogP contribution < -0.4 is 10.9 Å². The number of carbonyl (C=O) groups is 1. The number of carboxylic acids is 1. The number of hydrogen-bond donors (Lipinski definition) is 3. The van der Waals surface area contributed by atoms with E-state index in [-0.39, 0.29) is 17.5 Å². The molecule has 2 aromatic heterocycles. The van der Waals surface area contributed by atoms with E-state index in [0.29, 0.717) is 41.2 Å². The first kappa shape index (κ1) is 19.7. The largest absolute Gasteiger partial charge is 0.478 e. The van der Waals surface area contributed by atoms with E-state index in [4.69, 9.17) is 4.74 Å². The van der Waals surface area contributed by atoms with E-state index in [9.17, 15) is 20.0 Å². The van der Waals surface area contributed by atoms with Gasteiger partial charge in [-0.25, -0.2) is 4.79 Å². The molecule has 1 fully saturated rings. The van der Waals surface area contributed by atoms with Crippen LogP contribution in [-0.2, 0) is 10.3 Å². The minimum Gasteiger partial charge on any atom is -0.478 e. The number of fused-ring (bicyclic) bond motifs is 1. The lowest BCUT2D eigenvalue weighted by Gasteiger charge is -2.35. The summed E-state index contributed by atoms with van der Waals surface area (Å²) in [5, 5.41) is 26.9. The quantitative estimate of drug-likeness (QED) is 0.592. The fourth-order valence-electron chi connectivity index (χ4n) is 4.01. The molecule has 1 aliphatic rings. The third-order valence-electron chi connectivity index (χ3n) is 5.48. The van der Waals surface area contributed by atoms with E-state index in [2.05, 4.69) is 21.5 Å². The van der Waals surface area contributed by atoms with Crippen molar-refractivity contribution in [3.8, 4) is 6.07 Å². The maximum Gasteiger partial charge on any atom is 0.335 e. The first-order valence-electron chi connectivity index (χ1n) is 9.62. The Morgan fingerprint density at radius 3 is 2.97 bits per heavy atom. The molecule has 3 N–H and O–H groups in total. The maximum atomic E-state index is 12.6. The highest BCUT2D eigenvalue weighted by Crippen LogP contribution is 2.35. The highest BCUT2D eigenvalue weighted by molar-refractivity contribution is 5.92. The highest BCUT2D eigenvalue weighted by Gasteiger charge is 2.38. The predicted octanol–water partition coefficient (Wildman–Crippen LogP) is 2.89. The lowest BCUT2D eigenvalue weighted by atomic mass is 9.89. The molecule has 1 aliphatic heterocycles. The van der Waals surface area contributed by atoms with Crippen molar-refractivity contribution < 1.29 is 14.6 Å². The summed E-state index contributed by atoms with van der Waals surface area (Å²) < 4.78 is 7.41. The Bertz CT molecular complexity index is 1210. The molecule has 0 saturated carbocycles. The van der Waals surface area contributed by atoms with Crippen molar-refractivity contribution in [2.45, 2.75) is 31.7 Å². The van der Waals surface area contributed by atoms with Gasteiger partial charge in [-0.3, -0.25) is 9.48 Å². The summed E-state index contributed by atoms with van der Waals surface area (Å²) in [4.78, 5) is 26.6. The maximum absolute atomic E-state index is 12.6. The van der Waals surface area contributed by atoms with Crippen LogP contribution in [0.5, 0.6) is 0 Å². The van der Waals surface area contributed by atoms with Crippen LogP contribution >= 0.6 is 0 Å². The van der Waals surface area contributed by atoms with Gasteiger partial charge in [0.05, 0.1) is 35.7 Å². The minimum atomic E-state index is -0.999. The number of aromatic carboxylic acids is 1. The number of aryl methyl sites for hydroxylation is 1. The molecule has 0 bridgehead atoms. The molecule has 30 heavy (non-hydrogen) atoms. The molecule has 0 aliphatic carbocycles. The molecule has 0 radical (unpaired) electrons. The second-order valence-corrected chi connectivity index (χ2v) is 7.50. The third kappa shape index (κ3) is 3.31. The molecule has 1 saturated heterocycles.